The summed E-state index contributed by atoms with van der Waals surface area (Å²) < 4.78 is 18.6. The van der Waals surface area contributed by atoms with E-state index in [0.29, 0.717) is 30.2 Å². The Morgan fingerprint density at radius 1 is 1.37 bits per heavy atom. The highest BCUT2D eigenvalue weighted by Crippen LogP contribution is 2.32. The number of nitrogens with zero attached hydrogens (tertiary/aromatic N) is 4. The molecule has 2 N–H and O–H groups in total. The van der Waals surface area contributed by atoms with Crippen LogP contribution in [0, 0.1) is 5.82 Å². The number of aromatic nitrogens is 4. The monoisotopic (exact) mass is 370 g/mol. The fraction of sp³-hybridized carbons (Fsp3) is 0.333. The SMILES string of the molecule is CC(C)NC(=O)N1Cc2[nH]cnc2CC1c1nc(-c2ccc(F)cc2)no1. The second-order valence-corrected chi connectivity index (χ2v) is 6.74. The van der Waals surface area contributed by atoms with Crippen molar-refractivity contribution in [3.05, 3.63) is 53.7 Å². The van der Waals surface area contributed by atoms with Crippen LogP contribution in [0.5, 0.6) is 0 Å². The van der Waals surface area contributed by atoms with Crippen LogP contribution in [0.3, 0.4) is 0 Å². The van der Waals surface area contributed by atoms with Gasteiger partial charge in [0, 0.05) is 18.0 Å². The van der Waals surface area contributed by atoms with Crippen molar-refractivity contribution in [3.8, 4) is 11.4 Å². The normalized spacial score (nSPS) is 16.4. The summed E-state index contributed by atoms with van der Waals surface area (Å²) in [6.45, 7) is 4.17. The largest absolute Gasteiger partial charge is 0.347 e. The van der Waals surface area contributed by atoms with Crippen LogP contribution in [0.4, 0.5) is 9.18 Å². The lowest BCUT2D eigenvalue weighted by atomic mass is 10.0. The average Bonchev–Trinajstić information content (AvgIpc) is 3.29. The minimum atomic E-state index is -0.429. The van der Waals surface area contributed by atoms with E-state index in [9.17, 15) is 9.18 Å². The molecule has 0 saturated heterocycles. The molecule has 2 aromatic heterocycles. The molecule has 1 atom stereocenters. The molecule has 1 aromatic carbocycles. The molecule has 0 saturated carbocycles. The molecule has 1 aliphatic rings. The number of fused-ring (bicyclic) bond motifs is 1. The fourth-order valence-electron chi connectivity index (χ4n) is 3.09. The fourth-order valence-corrected chi connectivity index (χ4v) is 3.09. The van der Waals surface area contributed by atoms with Gasteiger partial charge in [0.15, 0.2) is 0 Å². The van der Waals surface area contributed by atoms with Crippen LogP contribution < -0.4 is 5.32 Å². The molecule has 0 spiro atoms. The van der Waals surface area contributed by atoms with Gasteiger partial charge in [-0.1, -0.05) is 5.16 Å². The Morgan fingerprint density at radius 2 is 2.15 bits per heavy atom. The first-order valence-corrected chi connectivity index (χ1v) is 8.69. The van der Waals surface area contributed by atoms with Crippen LogP contribution in [0.1, 0.15) is 37.2 Å². The summed E-state index contributed by atoms with van der Waals surface area (Å²) in [6, 6.07) is 5.20. The number of H-pyrrole nitrogens is 1. The number of rotatable bonds is 3. The molecular formula is C18H19FN6O2. The van der Waals surface area contributed by atoms with Gasteiger partial charge in [0.05, 0.1) is 24.3 Å². The molecule has 0 aliphatic carbocycles. The molecule has 8 nitrogen and oxygen atoms in total. The maximum absolute atomic E-state index is 13.1. The molecule has 1 unspecified atom stereocenters. The molecule has 27 heavy (non-hydrogen) atoms. The van der Waals surface area contributed by atoms with Crippen molar-refractivity contribution in [2.24, 2.45) is 0 Å². The van der Waals surface area contributed by atoms with Crippen molar-refractivity contribution in [1.82, 2.24) is 30.3 Å². The molecular weight excluding hydrogens is 351 g/mol. The van der Waals surface area contributed by atoms with Gasteiger partial charge in [-0.05, 0) is 38.1 Å². The van der Waals surface area contributed by atoms with Crippen molar-refractivity contribution in [3.63, 3.8) is 0 Å². The average molecular weight is 370 g/mol. The van der Waals surface area contributed by atoms with Crippen molar-refractivity contribution in [2.75, 3.05) is 0 Å². The second kappa shape index (κ2) is 6.82. The summed E-state index contributed by atoms with van der Waals surface area (Å²) >= 11 is 0. The number of hydrogen-bond donors (Lipinski definition) is 2. The first-order chi connectivity index (χ1) is 13.0. The minimum Gasteiger partial charge on any atom is -0.347 e. The van der Waals surface area contributed by atoms with E-state index in [0.717, 1.165) is 11.4 Å². The van der Waals surface area contributed by atoms with Crippen LogP contribution in [0.15, 0.2) is 35.1 Å². The third kappa shape index (κ3) is 3.40. The Labute approximate surface area is 154 Å². The highest BCUT2D eigenvalue weighted by Gasteiger charge is 2.36. The van der Waals surface area contributed by atoms with Crippen LogP contribution >= 0.6 is 0 Å². The molecule has 0 fully saturated rings. The number of carbonyl (C=O) groups excluding carboxylic acids is 1. The van der Waals surface area contributed by atoms with E-state index >= 15 is 0 Å². The zero-order valence-corrected chi connectivity index (χ0v) is 14.9. The van der Waals surface area contributed by atoms with Gasteiger partial charge in [0.25, 0.3) is 0 Å². The van der Waals surface area contributed by atoms with Gasteiger partial charge in [0.2, 0.25) is 11.7 Å². The number of amides is 2. The first kappa shape index (κ1) is 17.2. The van der Waals surface area contributed by atoms with Gasteiger partial charge in [-0.3, -0.25) is 0 Å². The number of benzene rings is 1. The molecule has 0 bridgehead atoms. The van der Waals surface area contributed by atoms with E-state index in [4.69, 9.17) is 4.52 Å². The predicted molar refractivity (Wildman–Crippen MR) is 93.9 cm³/mol. The van der Waals surface area contributed by atoms with E-state index in [1.54, 1.807) is 23.4 Å². The third-order valence-electron chi connectivity index (χ3n) is 4.40. The summed E-state index contributed by atoms with van der Waals surface area (Å²) in [5.74, 6) is 0.335. The highest BCUT2D eigenvalue weighted by molar-refractivity contribution is 5.75. The van der Waals surface area contributed by atoms with E-state index in [1.165, 1.54) is 12.1 Å². The van der Waals surface area contributed by atoms with E-state index in [-0.39, 0.29) is 17.9 Å². The Balaban J connectivity index is 1.65. The van der Waals surface area contributed by atoms with E-state index in [2.05, 4.69) is 25.4 Å². The smallest absolute Gasteiger partial charge is 0.318 e. The Morgan fingerprint density at radius 3 is 2.89 bits per heavy atom. The number of imidazole rings is 1. The van der Waals surface area contributed by atoms with E-state index < -0.39 is 6.04 Å². The maximum Gasteiger partial charge on any atom is 0.318 e. The summed E-state index contributed by atoms with van der Waals surface area (Å²) in [5.41, 5.74) is 2.40. The number of aromatic amines is 1. The lowest BCUT2D eigenvalue weighted by Gasteiger charge is -2.33. The molecule has 3 aromatic rings. The molecule has 4 rings (SSSR count). The number of hydrogen-bond acceptors (Lipinski definition) is 5. The van der Waals surface area contributed by atoms with Gasteiger partial charge in [-0.2, -0.15) is 4.98 Å². The molecule has 2 amide bonds. The Bertz CT molecular complexity index is 949. The second-order valence-electron chi connectivity index (χ2n) is 6.74. The standard InChI is InChI=1S/C18H19FN6O2/c1-10(2)22-18(26)25-8-14-13(20-9-21-14)7-15(25)17-23-16(24-27-17)11-3-5-12(19)6-4-11/h3-6,9-10,15H,7-8H2,1-2H3,(H,20,21)(H,22,26). The van der Waals surface area contributed by atoms with Crippen LogP contribution in [-0.4, -0.2) is 37.1 Å². The summed E-state index contributed by atoms with van der Waals surface area (Å²) in [7, 11) is 0. The number of carbonyl (C=O) groups is 1. The molecule has 9 heteroatoms. The number of halogens is 1. The summed E-state index contributed by atoms with van der Waals surface area (Å²) in [4.78, 5) is 26.2. The minimum absolute atomic E-state index is 0.00113. The maximum atomic E-state index is 13.1. The lowest BCUT2D eigenvalue weighted by molar-refractivity contribution is 0.142. The zero-order chi connectivity index (χ0) is 19.0. The lowest BCUT2D eigenvalue weighted by Crippen LogP contribution is -2.46. The van der Waals surface area contributed by atoms with Gasteiger partial charge in [0.1, 0.15) is 11.9 Å². The number of nitrogens with one attached hydrogen (secondary N) is 2. The predicted octanol–water partition coefficient (Wildman–Crippen LogP) is 2.82. The quantitative estimate of drug-likeness (QED) is 0.738. The van der Waals surface area contributed by atoms with E-state index in [1.807, 2.05) is 13.8 Å². The van der Waals surface area contributed by atoms with Crippen molar-refractivity contribution in [1.29, 1.82) is 0 Å². The Hall–Kier alpha value is -3.23. The Kier molecular flexibility index (Phi) is 4.35. The topological polar surface area (TPSA) is 99.9 Å². The summed E-state index contributed by atoms with van der Waals surface area (Å²) in [6.07, 6.45) is 2.08. The molecule has 0 radical (unpaired) electrons. The third-order valence-corrected chi connectivity index (χ3v) is 4.40. The molecule has 3 heterocycles. The first-order valence-electron chi connectivity index (χ1n) is 8.69. The van der Waals surface area contributed by atoms with Crippen LogP contribution in [0.2, 0.25) is 0 Å². The van der Waals surface area contributed by atoms with Gasteiger partial charge < -0.3 is 19.7 Å². The van der Waals surface area contributed by atoms with Gasteiger partial charge in [-0.15, -0.1) is 0 Å². The van der Waals surface area contributed by atoms with Crippen molar-refractivity contribution < 1.29 is 13.7 Å². The van der Waals surface area contributed by atoms with Gasteiger partial charge >= 0.3 is 6.03 Å². The van der Waals surface area contributed by atoms with Crippen molar-refractivity contribution >= 4 is 6.03 Å². The summed E-state index contributed by atoms with van der Waals surface area (Å²) in [5, 5.41) is 6.90. The number of urea groups is 1. The van der Waals surface area contributed by atoms with Crippen molar-refractivity contribution in [2.45, 2.75) is 38.9 Å². The molecule has 1 aliphatic heterocycles. The van der Waals surface area contributed by atoms with Crippen LogP contribution in [0.25, 0.3) is 11.4 Å². The van der Waals surface area contributed by atoms with Crippen LogP contribution in [-0.2, 0) is 13.0 Å². The molecule has 140 valence electrons. The zero-order valence-electron chi connectivity index (χ0n) is 14.9. The highest BCUT2D eigenvalue weighted by atomic mass is 19.1. The van der Waals surface area contributed by atoms with Gasteiger partial charge in [-0.25, -0.2) is 14.2 Å².